The first-order valence-corrected chi connectivity index (χ1v) is 12.7. The van der Waals surface area contributed by atoms with Crippen molar-refractivity contribution in [2.45, 2.75) is 32.4 Å². The van der Waals surface area contributed by atoms with Gasteiger partial charge < -0.3 is 19.7 Å². The van der Waals surface area contributed by atoms with Gasteiger partial charge in [-0.3, -0.25) is 19.9 Å². The second-order valence-electron chi connectivity index (χ2n) is 9.28. The Labute approximate surface area is 227 Å². The molecule has 1 amide bonds. The molecule has 0 radical (unpaired) electrons. The fourth-order valence-electron chi connectivity index (χ4n) is 4.52. The molecule has 1 N–H and O–H groups in total. The van der Waals surface area contributed by atoms with Crippen molar-refractivity contribution in [3.8, 4) is 11.5 Å². The van der Waals surface area contributed by atoms with Gasteiger partial charge in [0.05, 0.1) is 30.3 Å². The summed E-state index contributed by atoms with van der Waals surface area (Å²) in [6, 6.07) is 21.2. The third-order valence-electron chi connectivity index (χ3n) is 6.55. The van der Waals surface area contributed by atoms with Crippen molar-refractivity contribution >= 4 is 28.2 Å². The number of non-ortho nitro benzene ring substituents is 1. The number of nitro groups is 1. The maximum absolute atomic E-state index is 13.5. The van der Waals surface area contributed by atoms with Gasteiger partial charge in [-0.15, -0.1) is 0 Å². The molecular weight excluding hydrogens is 496 g/mol. The first-order valence-electron chi connectivity index (χ1n) is 12.7. The van der Waals surface area contributed by atoms with Crippen LogP contribution in [0.25, 0.3) is 10.9 Å². The standard InChI is InChI=1S/C30H32N4O5/c1-21(32-27-19-26(38-2)18-23-10-6-16-31-29(23)27)8-7-17-33(20-24-9-4-5-11-28(24)39-3)30(35)22-12-14-25(15-13-22)34(36)37/h4-6,9-16,18-19,21,32H,7-8,17,20H2,1-3H3. The van der Waals surface area contributed by atoms with Crippen molar-refractivity contribution in [3.63, 3.8) is 0 Å². The molecule has 0 aliphatic heterocycles. The van der Waals surface area contributed by atoms with E-state index in [0.717, 1.165) is 40.7 Å². The third kappa shape index (κ3) is 6.81. The van der Waals surface area contributed by atoms with E-state index in [1.807, 2.05) is 48.5 Å². The zero-order valence-corrected chi connectivity index (χ0v) is 22.3. The van der Waals surface area contributed by atoms with Crippen LogP contribution in [0.2, 0.25) is 0 Å². The lowest BCUT2D eigenvalue weighted by atomic mass is 10.1. The van der Waals surface area contributed by atoms with Gasteiger partial charge in [0.15, 0.2) is 0 Å². The molecule has 1 aromatic heterocycles. The molecule has 0 spiro atoms. The first kappa shape index (κ1) is 27.4. The highest BCUT2D eigenvalue weighted by Crippen LogP contribution is 2.29. The number of fused-ring (bicyclic) bond motifs is 1. The lowest BCUT2D eigenvalue weighted by molar-refractivity contribution is -0.384. The molecule has 0 fully saturated rings. The van der Waals surface area contributed by atoms with Gasteiger partial charge in [-0.25, -0.2) is 0 Å². The number of pyridine rings is 1. The summed E-state index contributed by atoms with van der Waals surface area (Å²) < 4.78 is 11.0. The Bertz CT molecular complexity index is 1440. The van der Waals surface area contributed by atoms with E-state index in [9.17, 15) is 14.9 Å². The van der Waals surface area contributed by atoms with Crippen LogP contribution in [0.3, 0.4) is 0 Å². The molecule has 1 atom stereocenters. The van der Waals surface area contributed by atoms with Crippen LogP contribution >= 0.6 is 0 Å². The van der Waals surface area contributed by atoms with E-state index in [1.165, 1.54) is 24.3 Å². The number of para-hydroxylation sites is 1. The number of benzene rings is 3. The van der Waals surface area contributed by atoms with Crippen molar-refractivity contribution in [2.75, 3.05) is 26.1 Å². The second-order valence-corrected chi connectivity index (χ2v) is 9.28. The number of hydrogen-bond donors (Lipinski definition) is 1. The fraction of sp³-hybridized carbons (Fsp3) is 0.267. The largest absolute Gasteiger partial charge is 0.497 e. The number of ether oxygens (including phenoxy) is 2. The van der Waals surface area contributed by atoms with Crippen molar-refractivity contribution in [3.05, 3.63) is 100 Å². The minimum Gasteiger partial charge on any atom is -0.497 e. The van der Waals surface area contributed by atoms with Gasteiger partial charge in [-0.05, 0) is 50.1 Å². The highest BCUT2D eigenvalue weighted by molar-refractivity contribution is 5.94. The van der Waals surface area contributed by atoms with Crippen LogP contribution in [0.5, 0.6) is 11.5 Å². The number of nitrogens with one attached hydrogen (secondary N) is 1. The SMILES string of the molecule is COc1cc(NC(C)CCCN(Cc2ccccc2OC)C(=O)c2ccc([N+](=O)[O-])cc2)c2ncccc2c1. The predicted octanol–water partition coefficient (Wildman–Crippen LogP) is 6.08. The van der Waals surface area contributed by atoms with E-state index in [-0.39, 0.29) is 17.6 Å². The van der Waals surface area contributed by atoms with E-state index in [2.05, 4.69) is 17.2 Å². The third-order valence-corrected chi connectivity index (χ3v) is 6.55. The topological polar surface area (TPSA) is 107 Å². The average Bonchev–Trinajstić information content (AvgIpc) is 2.96. The van der Waals surface area contributed by atoms with E-state index < -0.39 is 4.92 Å². The van der Waals surface area contributed by atoms with Crippen LogP contribution < -0.4 is 14.8 Å². The lowest BCUT2D eigenvalue weighted by Gasteiger charge is -2.25. The molecule has 3 aromatic carbocycles. The molecule has 0 bridgehead atoms. The summed E-state index contributed by atoms with van der Waals surface area (Å²) in [5.41, 5.74) is 3.00. The molecule has 39 heavy (non-hydrogen) atoms. The summed E-state index contributed by atoms with van der Waals surface area (Å²) >= 11 is 0. The van der Waals surface area contributed by atoms with Crippen molar-refractivity contribution in [2.24, 2.45) is 0 Å². The molecule has 4 rings (SSSR count). The summed E-state index contributed by atoms with van der Waals surface area (Å²) in [5, 5.41) is 15.6. The summed E-state index contributed by atoms with van der Waals surface area (Å²) in [7, 11) is 3.24. The Balaban J connectivity index is 1.47. The number of amides is 1. The van der Waals surface area contributed by atoms with Crippen molar-refractivity contribution < 1.29 is 19.2 Å². The van der Waals surface area contributed by atoms with Crippen LogP contribution in [0.4, 0.5) is 11.4 Å². The molecule has 0 aliphatic rings. The van der Waals surface area contributed by atoms with E-state index in [0.29, 0.717) is 24.4 Å². The van der Waals surface area contributed by atoms with Crippen LogP contribution in [-0.2, 0) is 6.54 Å². The number of aromatic nitrogens is 1. The minimum atomic E-state index is -0.476. The lowest BCUT2D eigenvalue weighted by Crippen LogP contribution is -2.32. The molecule has 202 valence electrons. The van der Waals surface area contributed by atoms with Crippen molar-refractivity contribution in [1.82, 2.24) is 9.88 Å². The Kier molecular flexibility index (Phi) is 8.94. The van der Waals surface area contributed by atoms with Gasteiger partial charge in [0.2, 0.25) is 0 Å². The number of methoxy groups -OCH3 is 2. The number of nitrogens with zero attached hydrogens (tertiary/aromatic N) is 3. The van der Waals surface area contributed by atoms with E-state index >= 15 is 0 Å². The monoisotopic (exact) mass is 528 g/mol. The predicted molar refractivity (Wildman–Crippen MR) is 151 cm³/mol. The van der Waals surface area contributed by atoms with Crippen LogP contribution in [0.1, 0.15) is 35.7 Å². The summed E-state index contributed by atoms with van der Waals surface area (Å²) in [6.45, 7) is 2.94. The molecule has 0 saturated carbocycles. The van der Waals surface area contributed by atoms with Crippen LogP contribution in [-0.4, -0.2) is 47.5 Å². The number of carbonyl (C=O) groups is 1. The molecule has 0 saturated heterocycles. The van der Waals surface area contributed by atoms with Gasteiger partial charge in [0.1, 0.15) is 11.5 Å². The van der Waals surface area contributed by atoms with Gasteiger partial charge >= 0.3 is 0 Å². The average molecular weight is 529 g/mol. The normalized spacial score (nSPS) is 11.6. The molecule has 1 unspecified atom stereocenters. The number of anilines is 1. The fourth-order valence-corrected chi connectivity index (χ4v) is 4.52. The molecule has 4 aromatic rings. The number of hydrogen-bond acceptors (Lipinski definition) is 7. The molecule has 0 aliphatic carbocycles. The maximum Gasteiger partial charge on any atom is 0.269 e. The summed E-state index contributed by atoms with van der Waals surface area (Å²) in [5.74, 6) is 1.26. The van der Waals surface area contributed by atoms with Crippen LogP contribution in [0.15, 0.2) is 79.0 Å². The highest BCUT2D eigenvalue weighted by Gasteiger charge is 2.19. The maximum atomic E-state index is 13.5. The zero-order chi connectivity index (χ0) is 27.8. The smallest absolute Gasteiger partial charge is 0.269 e. The Morgan fingerprint density at radius 2 is 1.82 bits per heavy atom. The second kappa shape index (κ2) is 12.7. The highest BCUT2D eigenvalue weighted by atomic mass is 16.6. The number of nitro benzene ring substituents is 1. The quantitative estimate of drug-likeness (QED) is 0.175. The summed E-state index contributed by atoms with van der Waals surface area (Å²) in [6.07, 6.45) is 3.29. The molecule has 9 heteroatoms. The zero-order valence-electron chi connectivity index (χ0n) is 22.3. The van der Waals surface area contributed by atoms with Gasteiger partial charge in [-0.2, -0.15) is 0 Å². The Morgan fingerprint density at radius 1 is 1.05 bits per heavy atom. The number of rotatable bonds is 12. The molecule has 9 nitrogen and oxygen atoms in total. The summed E-state index contributed by atoms with van der Waals surface area (Å²) in [4.78, 5) is 30.4. The molecule has 1 heterocycles. The van der Waals surface area contributed by atoms with Gasteiger partial charge in [0, 0.05) is 60.0 Å². The van der Waals surface area contributed by atoms with Crippen molar-refractivity contribution in [1.29, 1.82) is 0 Å². The van der Waals surface area contributed by atoms with Crippen LogP contribution in [0, 0.1) is 10.1 Å². The van der Waals surface area contributed by atoms with E-state index in [4.69, 9.17) is 9.47 Å². The van der Waals surface area contributed by atoms with Gasteiger partial charge in [0.25, 0.3) is 11.6 Å². The Hall–Kier alpha value is -4.66. The van der Waals surface area contributed by atoms with E-state index in [1.54, 1.807) is 25.3 Å². The number of carbonyl (C=O) groups excluding carboxylic acids is 1. The Morgan fingerprint density at radius 3 is 2.54 bits per heavy atom. The first-order chi connectivity index (χ1) is 18.9. The van der Waals surface area contributed by atoms with Gasteiger partial charge in [-0.1, -0.05) is 24.3 Å². The minimum absolute atomic E-state index is 0.0534. The molecular formula is C30H32N4O5.